The number of halogens is 1. The number of hydrogen-bond donors (Lipinski definition) is 2. The minimum Gasteiger partial charge on any atom is -0.331 e. The van der Waals surface area contributed by atoms with Gasteiger partial charge >= 0.3 is 0 Å². The van der Waals surface area contributed by atoms with Crippen molar-refractivity contribution in [2.75, 3.05) is 5.32 Å². The fourth-order valence-corrected chi connectivity index (χ4v) is 3.01. The predicted molar refractivity (Wildman–Crippen MR) is 88.3 cm³/mol. The predicted octanol–water partition coefficient (Wildman–Crippen LogP) is 3.89. The molecular weight excluding hydrogens is 290 g/mol. The molecule has 2 atom stereocenters. The van der Waals surface area contributed by atoms with Crippen LogP contribution >= 0.6 is 23.8 Å². The summed E-state index contributed by atoms with van der Waals surface area (Å²) in [6, 6.07) is 5.70. The molecule has 0 amide bonds. The number of allylic oxidation sites excluding steroid dienone is 2. The van der Waals surface area contributed by atoms with Crippen molar-refractivity contribution >= 4 is 40.3 Å². The van der Waals surface area contributed by atoms with Crippen LogP contribution in [0, 0.1) is 18.8 Å². The summed E-state index contributed by atoms with van der Waals surface area (Å²) < 4.78 is 0. The molecule has 0 aliphatic heterocycles. The van der Waals surface area contributed by atoms with Crippen LogP contribution in [0.5, 0.6) is 0 Å². The average Bonchev–Trinajstić information content (AvgIpc) is 2.77. The molecule has 1 aromatic rings. The Morgan fingerprint density at radius 2 is 2.30 bits per heavy atom. The monoisotopic (exact) mass is 305 g/mol. The molecule has 0 spiro atoms. The summed E-state index contributed by atoms with van der Waals surface area (Å²) in [4.78, 5) is 0. The third-order valence-electron chi connectivity index (χ3n) is 3.98. The first-order valence-electron chi connectivity index (χ1n) is 6.70. The van der Waals surface area contributed by atoms with Gasteiger partial charge in [-0.2, -0.15) is 5.10 Å². The molecule has 104 valence electrons. The number of anilines is 1. The lowest BCUT2D eigenvalue weighted by atomic mass is 9.74. The van der Waals surface area contributed by atoms with E-state index in [0.29, 0.717) is 16.9 Å². The molecule has 2 aliphatic rings. The van der Waals surface area contributed by atoms with Crippen LogP contribution in [0.3, 0.4) is 0 Å². The quantitative estimate of drug-likeness (QED) is 0.494. The average molecular weight is 306 g/mol. The highest BCUT2D eigenvalue weighted by molar-refractivity contribution is 7.80. The second kappa shape index (κ2) is 5.54. The van der Waals surface area contributed by atoms with Gasteiger partial charge in [0.05, 0.1) is 0 Å². The molecule has 0 heterocycles. The van der Waals surface area contributed by atoms with E-state index in [0.717, 1.165) is 29.1 Å². The summed E-state index contributed by atoms with van der Waals surface area (Å²) in [7, 11) is 0. The number of rotatable bonds is 2. The second-order valence-corrected chi connectivity index (χ2v) is 6.04. The number of nitrogens with one attached hydrogen (secondary N) is 2. The van der Waals surface area contributed by atoms with Crippen molar-refractivity contribution in [3.63, 3.8) is 0 Å². The van der Waals surface area contributed by atoms with Crippen molar-refractivity contribution in [1.29, 1.82) is 0 Å². The molecule has 0 radical (unpaired) electrons. The van der Waals surface area contributed by atoms with Gasteiger partial charge in [0.25, 0.3) is 0 Å². The lowest BCUT2D eigenvalue weighted by molar-refractivity contribution is 0.463. The maximum absolute atomic E-state index is 6.08. The van der Waals surface area contributed by atoms with Crippen molar-refractivity contribution < 1.29 is 0 Å². The minimum absolute atomic E-state index is 0.497. The summed E-state index contributed by atoms with van der Waals surface area (Å²) >= 11 is 11.3. The normalized spacial score (nSPS) is 25.2. The zero-order chi connectivity index (χ0) is 14.1. The van der Waals surface area contributed by atoms with E-state index < -0.39 is 0 Å². The Labute approximate surface area is 129 Å². The zero-order valence-corrected chi connectivity index (χ0v) is 12.8. The van der Waals surface area contributed by atoms with Crippen LogP contribution in [0.1, 0.15) is 18.4 Å². The Balaban J connectivity index is 1.58. The molecule has 0 bridgehead atoms. The number of benzene rings is 1. The highest BCUT2D eigenvalue weighted by Crippen LogP contribution is 2.40. The van der Waals surface area contributed by atoms with Crippen molar-refractivity contribution in [2.24, 2.45) is 16.9 Å². The van der Waals surface area contributed by atoms with Crippen molar-refractivity contribution in [3.8, 4) is 0 Å². The van der Waals surface area contributed by atoms with E-state index in [1.54, 1.807) is 0 Å². The summed E-state index contributed by atoms with van der Waals surface area (Å²) in [6.07, 6.45) is 6.69. The molecule has 5 heteroatoms. The third kappa shape index (κ3) is 2.58. The Morgan fingerprint density at radius 3 is 3.10 bits per heavy atom. The van der Waals surface area contributed by atoms with Gasteiger partial charge in [0, 0.05) is 22.3 Å². The van der Waals surface area contributed by atoms with Crippen LogP contribution in [0.2, 0.25) is 5.02 Å². The Kier molecular flexibility index (Phi) is 3.76. The molecule has 0 unspecified atom stereocenters. The lowest BCUT2D eigenvalue weighted by Gasteiger charge is -2.31. The molecule has 0 saturated heterocycles. The number of hydrazone groups is 1. The maximum Gasteiger partial charge on any atom is 0.191 e. The summed E-state index contributed by atoms with van der Waals surface area (Å²) in [5.41, 5.74) is 6.03. The molecule has 1 saturated carbocycles. The first-order valence-corrected chi connectivity index (χ1v) is 7.49. The van der Waals surface area contributed by atoms with Gasteiger partial charge in [-0.05, 0) is 55.6 Å². The van der Waals surface area contributed by atoms with Crippen molar-refractivity contribution in [2.45, 2.75) is 19.8 Å². The van der Waals surface area contributed by atoms with Crippen LogP contribution in [0.4, 0.5) is 5.69 Å². The molecule has 3 nitrogen and oxygen atoms in total. The topological polar surface area (TPSA) is 36.4 Å². The van der Waals surface area contributed by atoms with Crippen LogP contribution < -0.4 is 10.7 Å². The number of hydrogen-bond acceptors (Lipinski definition) is 2. The van der Waals surface area contributed by atoms with Crippen molar-refractivity contribution in [3.05, 3.63) is 40.9 Å². The second-order valence-electron chi connectivity index (χ2n) is 5.22. The SMILES string of the molecule is Cc1c(Cl)cccc1NC(=S)N/N=C1/C[C@@H]2C=CC[C@H]12. The van der Waals surface area contributed by atoms with Gasteiger partial charge in [-0.15, -0.1) is 0 Å². The highest BCUT2D eigenvalue weighted by atomic mass is 35.5. The Hall–Kier alpha value is -1.39. The van der Waals surface area contributed by atoms with E-state index in [-0.39, 0.29) is 0 Å². The van der Waals surface area contributed by atoms with Gasteiger partial charge in [-0.1, -0.05) is 29.8 Å². The molecule has 20 heavy (non-hydrogen) atoms. The number of thiocarbonyl (C=S) groups is 1. The van der Waals surface area contributed by atoms with Crippen LogP contribution in [-0.2, 0) is 0 Å². The molecule has 2 aliphatic carbocycles. The highest BCUT2D eigenvalue weighted by Gasteiger charge is 2.37. The fourth-order valence-electron chi connectivity index (χ4n) is 2.68. The summed E-state index contributed by atoms with van der Waals surface area (Å²) in [5, 5.41) is 8.76. The van der Waals surface area contributed by atoms with Crippen LogP contribution in [-0.4, -0.2) is 10.8 Å². The van der Waals surface area contributed by atoms with E-state index in [2.05, 4.69) is 28.0 Å². The van der Waals surface area contributed by atoms with E-state index in [1.165, 1.54) is 5.71 Å². The van der Waals surface area contributed by atoms with E-state index in [9.17, 15) is 0 Å². The standard InChI is InChI=1S/C15H16ClN3S/c1-9-12(16)6-3-7-13(9)17-15(20)19-18-14-8-10-4-2-5-11(10)14/h2-4,6-7,10-11H,5,8H2,1H3,(H2,17,19,20)/b18-14-/t10-,11-/m0/s1. The molecule has 2 N–H and O–H groups in total. The van der Waals surface area contributed by atoms with Crippen LogP contribution in [0.25, 0.3) is 0 Å². The number of nitrogens with zero attached hydrogens (tertiary/aromatic N) is 1. The minimum atomic E-state index is 0.497. The Bertz CT molecular complexity index is 609. The van der Waals surface area contributed by atoms with E-state index in [1.807, 2.05) is 25.1 Å². The largest absolute Gasteiger partial charge is 0.331 e. The summed E-state index contributed by atoms with van der Waals surface area (Å²) in [6.45, 7) is 1.96. The van der Waals surface area contributed by atoms with E-state index in [4.69, 9.17) is 23.8 Å². The molecule has 1 aromatic carbocycles. The first-order chi connectivity index (χ1) is 9.65. The van der Waals surface area contributed by atoms with Crippen LogP contribution in [0.15, 0.2) is 35.5 Å². The van der Waals surface area contributed by atoms with Crippen molar-refractivity contribution in [1.82, 2.24) is 5.43 Å². The zero-order valence-electron chi connectivity index (χ0n) is 11.2. The van der Waals surface area contributed by atoms with Gasteiger partial charge < -0.3 is 5.32 Å². The smallest absolute Gasteiger partial charge is 0.191 e. The van der Waals surface area contributed by atoms with Gasteiger partial charge in [0.2, 0.25) is 0 Å². The van der Waals surface area contributed by atoms with Gasteiger partial charge in [-0.3, -0.25) is 5.43 Å². The first kappa shape index (κ1) is 13.6. The molecule has 3 rings (SSSR count). The molecular formula is C15H16ClN3S. The van der Waals surface area contributed by atoms with Gasteiger partial charge in [-0.25, -0.2) is 0 Å². The molecule has 1 fully saturated rings. The fraction of sp³-hybridized carbons (Fsp3) is 0.333. The van der Waals surface area contributed by atoms with Gasteiger partial charge in [0.15, 0.2) is 5.11 Å². The Morgan fingerprint density at radius 1 is 1.45 bits per heavy atom. The lowest BCUT2D eigenvalue weighted by Crippen LogP contribution is -2.36. The third-order valence-corrected chi connectivity index (χ3v) is 4.58. The molecule has 0 aromatic heterocycles. The van der Waals surface area contributed by atoms with Gasteiger partial charge in [0.1, 0.15) is 0 Å². The maximum atomic E-state index is 6.08. The van der Waals surface area contributed by atoms with E-state index >= 15 is 0 Å². The number of fused-ring (bicyclic) bond motifs is 1. The summed E-state index contributed by atoms with van der Waals surface area (Å²) in [5.74, 6) is 1.30.